The molecular formula is C21H17ClF3N5O3S. The summed E-state index contributed by atoms with van der Waals surface area (Å²) < 4.78 is 52.9. The lowest BCUT2D eigenvalue weighted by atomic mass is 10.1. The molecule has 0 fully saturated rings. The molecule has 0 aliphatic heterocycles. The van der Waals surface area contributed by atoms with Gasteiger partial charge in [0.15, 0.2) is 16.3 Å². The third kappa shape index (κ3) is 4.26. The fourth-order valence-electron chi connectivity index (χ4n) is 3.55. The molecule has 2 aromatic carbocycles. The normalized spacial score (nSPS) is 11.7. The predicted octanol–water partition coefficient (Wildman–Crippen LogP) is 4.57. The Morgan fingerprint density at radius 2 is 1.94 bits per heavy atom. The lowest BCUT2D eigenvalue weighted by molar-refractivity contribution is -0.137. The van der Waals surface area contributed by atoms with Crippen molar-refractivity contribution in [2.75, 3.05) is 14.2 Å². The smallest absolute Gasteiger partial charge is 0.416 e. The lowest BCUT2D eigenvalue weighted by Gasteiger charge is -2.13. The van der Waals surface area contributed by atoms with E-state index in [1.54, 1.807) is 12.1 Å². The van der Waals surface area contributed by atoms with Gasteiger partial charge in [0.2, 0.25) is 0 Å². The van der Waals surface area contributed by atoms with Crippen molar-refractivity contribution in [2.45, 2.75) is 19.1 Å². The minimum absolute atomic E-state index is 0.0236. The van der Waals surface area contributed by atoms with Crippen LogP contribution in [0.5, 0.6) is 11.5 Å². The minimum atomic E-state index is -4.56. The van der Waals surface area contributed by atoms with Gasteiger partial charge in [0.25, 0.3) is 5.56 Å². The monoisotopic (exact) mass is 511 g/mol. The molecule has 0 saturated carbocycles. The van der Waals surface area contributed by atoms with Crippen LogP contribution in [-0.2, 0) is 19.1 Å². The highest BCUT2D eigenvalue weighted by molar-refractivity contribution is 7.71. The number of nitrogens with zero attached hydrogens (tertiary/aromatic N) is 4. The average molecular weight is 512 g/mol. The Morgan fingerprint density at radius 3 is 2.62 bits per heavy atom. The number of ether oxygens (including phenoxy) is 2. The van der Waals surface area contributed by atoms with Crippen LogP contribution in [0.15, 0.2) is 41.3 Å². The molecule has 0 spiro atoms. The first-order chi connectivity index (χ1) is 16.2. The molecule has 0 radical (unpaired) electrons. The molecule has 0 amide bonds. The van der Waals surface area contributed by atoms with Crippen molar-refractivity contribution in [2.24, 2.45) is 0 Å². The number of methoxy groups -OCH3 is 2. The van der Waals surface area contributed by atoms with Crippen molar-refractivity contribution in [3.8, 4) is 17.2 Å². The number of H-pyrrole nitrogens is 1. The highest BCUT2D eigenvalue weighted by Gasteiger charge is 2.31. The minimum Gasteiger partial charge on any atom is -0.493 e. The van der Waals surface area contributed by atoms with Gasteiger partial charge in [-0.3, -0.25) is 14.5 Å². The van der Waals surface area contributed by atoms with Gasteiger partial charge in [-0.1, -0.05) is 11.6 Å². The number of hydrogen-bond acceptors (Lipinski definition) is 6. The zero-order chi connectivity index (χ0) is 24.6. The zero-order valence-electron chi connectivity index (χ0n) is 17.8. The van der Waals surface area contributed by atoms with Crippen LogP contribution < -0.4 is 15.0 Å². The van der Waals surface area contributed by atoms with Crippen molar-refractivity contribution in [1.29, 1.82) is 0 Å². The Bertz CT molecular complexity index is 1500. The molecule has 4 rings (SSSR count). The second-order valence-electron chi connectivity index (χ2n) is 7.13. The average Bonchev–Trinajstić information content (AvgIpc) is 3.17. The van der Waals surface area contributed by atoms with Crippen LogP contribution >= 0.6 is 23.8 Å². The first-order valence-corrected chi connectivity index (χ1v) is 10.6. The fraction of sp³-hybridized carbons (Fsp3) is 0.238. The molecule has 0 atom stereocenters. The van der Waals surface area contributed by atoms with Gasteiger partial charge in [0.05, 0.1) is 48.6 Å². The van der Waals surface area contributed by atoms with Crippen LogP contribution in [0, 0.1) is 4.77 Å². The summed E-state index contributed by atoms with van der Waals surface area (Å²) >= 11 is 11.4. The van der Waals surface area contributed by atoms with Crippen LogP contribution in [0.1, 0.15) is 11.4 Å². The number of halogens is 4. The summed E-state index contributed by atoms with van der Waals surface area (Å²) in [6.45, 7) is 0.0609. The van der Waals surface area contributed by atoms with Gasteiger partial charge in [-0.2, -0.15) is 23.4 Å². The van der Waals surface area contributed by atoms with Crippen molar-refractivity contribution < 1.29 is 22.6 Å². The van der Waals surface area contributed by atoms with Crippen molar-refractivity contribution in [3.05, 3.63) is 68.1 Å². The van der Waals surface area contributed by atoms with E-state index in [1.807, 2.05) is 0 Å². The van der Waals surface area contributed by atoms with E-state index in [-0.39, 0.29) is 45.4 Å². The molecule has 8 nitrogen and oxygen atoms in total. The number of aryl methyl sites for hydroxylation is 2. The maximum atomic E-state index is 13.2. The molecule has 0 aliphatic rings. The van der Waals surface area contributed by atoms with E-state index in [4.69, 9.17) is 33.3 Å². The molecule has 0 bridgehead atoms. The second-order valence-corrected chi connectivity index (χ2v) is 7.93. The zero-order valence-corrected chi connectivity index (χ0v) is 19.4. The lowest BCUT2D eigenvalue weighted by Crippen LogP contribution is -2.25. The van der Waals surface area contributed by atoms with Gasteiger partial charge in [0, 0.05) is 11.8 Å². The topological polar surface area (TPSA) is 87.0 Å². The molecule has 0 saturated heterocycles. The van der Waals surface area contributed by atoms with Crippen molar-refractivity contribution in [1.82, 2.24) is 24.5 Å². The molecule has 1 N–H and O–H groups in total. The largest absolute Gasteiger partial charge is 0.493 e. The summed E-state index contributed by atoms with van der Waals surface area (Å²) in [5.74, 6) is 0.946. The number of aromatic amines is 1. The predicted molar refractivity (Wildman–Crippen MR) is 122 cm³/mol. The summed E-state index contributed by atoms with van der Waals surface area (Å²) in [7, 11) is 2.89. The van der Waals surface area contributed by atoms with Crippen LogP contribution in [-0.4, -0.2) is 38.8 Å². The maximum Gasteiger partial charge on any atom is 0.416 e. The van der Waals surface area contributed by atoms with Gasteiger partial charge >= 0.3 is 6.18 Å². The Hall–Kier alpha value is -3.38. The number of rotatable bonds is 6. The quantitative estimate of drug-likeness (QED) is 0.382. The van der Waals surface area contributed by atoms with Gasteiger partial charge in [-0.15, -0.1) is 0 Å². The summed E-state index contributed by atoms with van der Waals surface area (Å²) in [6, 6.07) is 6.29. The first kappa shape index (κ1) is 23.8. The van der Waals surface area contributed by atoms with Gasteiger partial charge in [-0.25, -0.2) is 4.68 Å². The molecular weight excluding hydrogens is 495 g/mol. The number of aromatic nitrogens is 5. The number of fused-ring (bicyclic) bond motifs is 1. The standard InChI is InChI=1S/C21H17ClF3N5O3S/c1-32-15-6-3-11-10-26-29(19(31)17(11)18(15)33-2)8-7-16-27-28-20(34)30(16)14-9-12(21(23,24)25)4-5-13(14)22/h3-6,9-10H,7-8H2,1-2H3,(H,28,34). The van der Waals surface area contributed by atoms with E-state index in [2.05, 4.69) is 15.3 Å². The van der Waals surface area contributed by atoms with E-state index >= 15 is 0 Å². The Morgan fingerprint density at radius 1 is 1.18 bits per heavy atom. The summed E-state index contributed by atoms with van der Waals surface area (Å²) in [4.78, 5) is 13.1. The van der Waals surface area contributed by atoms with E-state index in [1.165, 1.54) is 29.7 Å². The van der Waals surface area contributed by atoms with Crippen LogP contribution in [0.25, 0.3) is 16.5 Å². The van der Waals surface area contributed by atoms with E-state index < -0.39 is 17.3 Å². The molecule has 2 heterocycles. The SMILES string of the molecule is COc1ccc2cnn(CCc3n[nH]c(=S)n3-c3cc(C(F)(F)F)ccc3Cl)c(=O)c2c1OC. The molecule has 34 heavy (non-hydrogen) atoms. The molecule has 0 aliphatic carbocycles. The Kier molecular flexibility index (Phi) is 6.36. The number of benzene rings is 2. The summed E-state index contributed by atoms with van der Waals surface area (Å²) in [5.41, 5.74) is -1.28. The third-order valence-corrected chi connectivity index (χ3v) is 5.76. The maximum absolute atomic E-state index is 13.2. The summed E-state index contributed by atoms with van der Waals surface area (Å²) in [5, 5.41) is 11.8. The van der Waals surface area contributed by atoms with Gasteiger partial charge < -0.3 is 9.47 Å². The van der Waals surface area contributed by atoms with Gasteiger partial charge in [0.1, 0.15) is 5.82 Å². The second kappa shape index (κ2) is 9.11. The first-order valence-electron chi connectivity index (χ1n) is 9.80. The van der Waals surface area contributed by atoms with Crippen LogP contribution in [0.4, 0.5) is 13.2 Å². The number of nitrogens with one attached hydrogen (secondary N) is 1. The number of hydrogen-bond donors (Lipinski definition) is 1. The molecule has 0 unspecified atom stereocenters. The highest BCUT2D eigenvalue weighted by Crippen LogP contribution is 2.34. The van der Waals surface area contributed by atoms with E-state index in [0.29, 0.717) is 11.1 Å². The number of alkyl halides is 3. The fourth-order valence-corrected chi connectivity index (χ4v) is 4.01. The summed E-state index contributed by atoms with van der Waals surface area (Å²) in [6.07, 6.45) is -2.93. The molecule has 178 valence electrons. The third-order valence-electron chi connectivity index (χ3n) is 5.17. The van der Waals surface area contributed by atoms with Gasteiger partial charge in [-0.05, 0) is 42.5 Å². The Labute approximate surface area is 200 Å². The van der Waals surface area contributed by atoms with Crippen LogP contribution in [0.3, 0.4) is 0 Å². The highest BCUT2D eigenvalue weighted by atomic mass is 35.5. The van der Waals surface area contributed by atoms with E-state index in [9.17, 15) is 18.0 Å². The van der Waals surface area contributed by atoms with Crippen molar-refractivity contribution in [3.63, 3.8) is 0 Å². The molecule has 4 aromatic rings. The van der Waals surface area contributed by atoms with Crippen molar-refractivity contribution >= 4 is 34.6 Å². The van der Waals surface area contributed by atoms with E-state index in [0.717, 1.165) is 18.2 Å². The van der Waals surface area contributed by atoms with Crippen LogP contribution in [0.2, 0.25) is 5.02 Å². The molecule has 2 aromatic heterocycles. The Balaban J connectivity index is 1.73. The molecule has 13 heteroatoms.